The van der Waals surface area contributed by atoms with Crippen LogP contribution in [0.1, 0.15) is 61.6 Å². The van der Waals surface area contributed by atoms with Gasteiger partial charge in [0.2, 0.25) is 0 Å². The smallest absolute Gasteiger partial charge is 0.324 e. The van der Waals surface area contributed by atoms with Gasteiger partial charge in [-0.1, -0.05) is 43.3 Å². The van der Waals surface area contributed by atoms with Crippen LogP contribution in [0, 0.1) is 5.92 Å². The van der Waals surface area contributed by atoms with Gasteiger partial charge in [-0.3, -0.25) is 4.79 Å². The van der Waals surface area contributed by atoms with Gasteiger partial charge in [0.05, 0.1) is 6.61 Å². The van der Waals surface area contributed by atoms with Crippen molar-refractivity contribution in [2.75, 3.05) is 24.6 Å². The molecule has 178 valence electrons. The molecule has 1 aromatic heterocycles. The summed E-state index contributed by atoms with van der Waals surface area (Å²) in [4.78, 5) is 18.8. The fraction of sp³-hybridized carbons (Fsp3) is 0.444. The standard InChI is InChI=1S/C27H32N4O3/c1-18(2)25-29-27(34-30-25)31-15-13-19(14-16-31)17-33-24-11-7-21(8-12-24)20-3-5-22(6-4-20)26(32)28-23-9-10-23/h3-8,11-12,18-19,23H,9-10,13-17H2,1-2H3,(H,28,32). The van der Waals surface area contributed by atoms with Crippen molar-refractivity contribution in [3.8, 4) is 16.9 Å². The second-order valence-electron chi connectivity index (χ2n) is 9.68. The SMILES string of the molecule is CC(C)c1noc(N2CCC(COc3ccc(-c4ccc(C(=O)NC5CC5)cc4)cc3)CC2)n1. The maximum absolute atomic E-state index is 12.2. The number of ether oxygens (including phenoxy) is 1. The van der Waals surface area contributed by atoms with Gasteiger partial charge in [0.25, 0.3) is 5.91 Å². The zero-order chi connectivity index (χ0) is 23.5. The van der Waals surface area contributed by atoms with Crippen molar-refractivity contribution in [2.24, 2.45) is 5.92 Å². The molecule has 2 aliphatic rings. The molecular formula is C27H32N4O3. The highest BCUT2D eigenvalue weighted by atomic mass is 16.5. The average molecular weight is 461 g/mol. The van der Waals surface area contributed by atoms with E-state index in [4.69, 9.17) is 9.26 Å². The summed E-state index contributed by atoms with van der Waals surface area (Å²) < 4.78 is 11.5. The molecule has 0 bridgehead atoms. The fourth-order valence-corrected chi connectivity index (χ4v) is 4.15. The molecule has 1 N–H and O–H groups in total. The van der Waals surface area contributed by atoms with Crippen LogP contribution in [0.15, 0.2) is 53.1 Å². The molecule has 2 heterocycles. The predicted molar refractivity (Wildman–Crippen MR) is 131 cm³/mol. The van der Waals surface area contributed by atoms with Gasteiger partial charge in [0.15, 0.2) is 5.82 Å². The number of piperidine rings is 1. The van der Waals surface area contributed by atoms with Crippen LogP contribution in [0.2, 0.25) is 0 Å². The molecule has 7 nitrogen and oxygen atoms in total. The lowest BCUT2D eigenvalue weighted by Gasteiger charge is -2.30. The van der Waals surface area contributed by atoms with Crippen LogP contribution in [0.3, 0.4) is 0 Å². The Kier molecular flexibility index (Phi) is 6.52. The monoisotopic (exact) mass is 460 g/mol. The summed E-state index contributed by atoms with van der Waals surface area (Å²) in [5.74, 6) is 2.44. The number of nitrogens with one attached hydrogen (secondary N) is 1. The molecule has 1 aliphatic carbocycles. The topological polar surface area (TPSA) is 80.5 Å². The van der Waals surface area contributed by atoms with E-state index in [-0.39, 0.29) is 11.8 Å². The Hall–Kier alpha value is -3.35. The summed E-state index contributed by atoms with van der Waals surface area (Å²) >= 11 is 0. The van der Waals surface area contributed by atoms with E-state index in [9.17, 15) is 4.79 Å². The second kappa shape index (κ2) is 9.87. The number of carbonyl (C=O) groups excluding carboxylic acids is 1. The fourth-order valence-electron chi connectivity index (χ4n) is 4.15. The van der Waals surface area contributed by atoms with Gasteiger partial charge in [-0.2, -0.15) is 4.98 Å². The highest BCUT2D eigenvalue weighted by Crippen LogP contribution is 2.26. The molecule has 2 aromatic carbocycles. The summed E-state index contributed by atoms with van der Waals surface area (Å²) in [6.45, 7) is 6.65. The maximum Gasteiger partial charge on any atom is 0.324 e. The lowest BCUT2D eigenvalue weighted by atomic mass is 9.98. The number of hydrogen-bond acceptors (Lipinski definition) is 6. The van der Waals surface area contributed by atoms with Crippen LogP contribution in [0.4, 0.5) is 6.01 Å². The number of aromatic nitrogens is 2. The highest BCUT2D eigenvalue weighted by Gasteiger charge is 2.25. The summed E-state index contributed by atoms with van der Waals surface area (Å²) in [7, 11) is 0. The predicted octanol–water partition coefficient (Wildman–Crippen LogP) is 5.05. The van der Waals surface area contributed by atoms with Gasteiger partial charge in [-0.05, 0) is 67.0 Å². The van der Waals surface area contributed by atoms with E-state index < -0.39 is 0 Å². The van der Waals surface area contributed by atoms with E-state index in [1.165, 1.54) is 0 Å². The first-order valence-electron chi connectivity index (χ1n) is 12.3. The highest BCUT2D eigenvalue weighted by molar-refractivity contribution is 5.95. The van der Waals surface area contributed by atoms with Crippen molar-refractivity contribution in [1.29, 1.82) is 0 Å². The Morgan fingerprint density at radius 2 is 1.68 bits per heavy atom. The van der Waals surface area contributed by atoms with Crippen molar-refractivity contribution in [1.82, 2.24) is 15.5 Å². The van der Waals surface area contributed by atoms with Crippen molar-refractivity contribution in [2.45, 2.75) is 51.5 Å². The largest absolute Gasteiger partial charge is 0.493 e. The van der Waals surface area contributed by atoms with E-state index in [1.807, 2.05) is 36.4 Å². The van der Waals surface area contributed by atoms with E-state index >= 15 is 0 Å². The molecule has 0 atom stereocenters. The van der Waals surface area contributed by atoms with Gasteiger partial charge in [0, 0.05) is 30.6 Å². The second-order valence-corrected chi connectivity index (χ2v) is 9.68. The van der Waals surface area contributed by atoms with Crippen molar-refractivity contribution in [3.05, 3.63) is 59.9 Å². The summed E-state index contributed by atoms with van der Waals surface area (Å²) in [6, 6.07) is 17.0. The third-order valence-corrected chi connectivity index (χ3v) is 6.57. The number of carbonyl (C=O) groups is 1. The van der Waals surface area contributed by atoms with Crippen molar-refractivity contribution < 1.29 is 14.1 Å². The molecule has 1 amide bonds. The Labute approximate surface area is 200 Å². The molecule has 1 aliphatic heterocycles. The molecule has 0 radical (unpaired) electrons. The zero-order valence-electron chi connectivity index (χ0n) is 19.9. The Morgan fingerprint density at radius 1 is 1.03 bits per heavy atom. The minimum absolute atomic E-state index is 0.0148. The lowest BCUT2D eigenvalue weighted by Crippen LogP contribution is -2.35. The van der Waals surface area contributed by atoms with Gasteiger partial charge in [-0.15, -0.1) is 0 Å². The van der Waals surface area contributed by atoms with Crippen molar-refractivity contribution >= 4 is 11.9 Å². The zero-order valence-corrected chi connectivity index (χ0v) is 19.9. The molecule has 7 heteroatoms. The average Bonchev–Trinajstić information content (AvgIpc) is 3.54. The van der Waals surface area contributed by atoms with Gasteiger partial charge in [-0.25, -0.2) is 0 Å². The van der Waals surface area contributed by atoms with Crippen LogP contribution >= 0.6 is 0 Å². The first kappa shape index (κ1) is 22.4. The number of hydrogen-bond donors (Lipinski definition) is 1. The van der Waals surface area contributed by atoms with E-state index in [2.05, 4.69) is 46.3 Å². The van der Waals surface area contributed by atoms with Gasteiger partial charge < -0.3 is 19.5 Å². The summed E-state index contributed by atoms with van der Waals surface area (Å²) in [5.41, 5.74) is 2.90. The molecule has 34 heavy (non-hydrogen) atoms. The molecule has 1 saturated carbocycles. The number of nitrogens with zero attached hydrogens (tertiary/aromatic N) is 3. The normalized spacial score (nSPS) is 16.6. The Morgan fingerprint density at radius 3 is 2.26 bits per heavy atom. The van der Waals surface area contributed by atoms with E-state index in [0.29, 0.717) is 30.1 Å². The molecule has 1 saturated heterocycles. The number of rotatable bonds is 8. The molecule has 5 rings (SSSR count). The van der Waals surface area contributed by atoms with Crippen molar-refractivity contribution in [3.63, 3.8) is 0 Å². The van der Waals surface area contributed by atoms with Crippen LogP contribution in [-0.2, 0) is 0 Å². The molecule has 2 fully saturated rings. The van der Waals surface area contributed by atoms with Gasteiger partial charge in [0.1, 0.15) is 5.75 Å². The maximum atomic E-state index is 12.2. The number of anilines is 1. The van der Waals surface area contributed by atoms with Crippen LogP contribution in [-0.4, -0.2) is 41.8 Å². The molecule has 0 spiro atoms. The van der Waals surface area contributed by atoms with Crippen LogP contribution in [0.5, 0.6) is 5.75 Å². The number of benzene rings is 2. The Balaban J connectivity index is 1.09. The summed E-state index contributed by atoms with van der Waals surface area (Å²) in [6.07, 6.45) is 4.27. The quantitative estimate of drug-likeness (QED) is 0.507. The third kappa shape index (κ3) is 5.41. The van der Waals surface area contributed by atoms with E-state index in [1.54, 1.807) is 0 Å². The molecule has 0 unspecified atom stereocenters. The van der Waals surface area contributed by atoms with Crippen LogP contribution < -0.4 is 15.0 Å². The minimum Gasteiger partial charge on any atom is -0.493 e. The van der Waals surface area contributed by atoms with E-state index in [0.717, 1.165) is 61.5 Å². The first-order valence-corrected chi connectivity index (χ1v) is 12.3. The van der Waals surface area contributed by atoms with Crippen LogP contribution in [0.25, 0.3) is 11.1 Å². The Bertz CT molecular complexity index is 1100. The first-order chi connectivity index (χ1) is 16.5. The third-order valence-electron chi connectivity index (χ3n) is 6.57. The lowest BCUT2D eigenvalue weighted by molar-refractivity contribution is 0.0951. The molecule has 3 aromatic rings. The molecular weight excluding hydrogens is 428 g/mol. The minimum atomic E-state index is 0.0148. The number of amides is 1. The van der Waals surface area contributed by atoms with Gasteiger partial charge >= 0.3 is 6.01 Å². The summed E-state index contributed by atoms with van der Waals surface area (Å²) in [5, 5.41) is 7.09.